The van der Waals surface area contributed by atoms with Crippen molar-refractivity contribution in [2.75, 3.05) is 32.7 Å². The number of carbonyl (C=O) groups excluding carboxylic acids is 2. The summed E-state index contributed by atoms with van der Waals surface area (Å²) in [4.78, 5) is 29.9. The number of piperidine rings is 1. The molecular formula is C18H27N3O2S. The van der Waals surface area contributed by atoms with Gasteiger partial charge in [0.05, 0.1) is 4.88 Å². The molecule has 2 aliphatic rings. The van der Waals surface area contributed by atoms with E-state index >= 15 is 0 Å². The molecule has 0 bridgehead atoms. The number of hydrogen-bond donors (Lipinski definition) is 1. The maximum atomic E-state index is 12.4. The lowest BCUT2D eigenvalue weighted by atomic mass is 9.95. The average molecular weight is 350 g/mol. The lowest BCUT2D eigenvalue weighted by Crippen LogP contribution is -2.45. The second-order valence-corrected chi connectivity index (χ2v) is 7.66. The van der Waals surface area contributed by atoms with Crippen molar-refractivity contribution in [1.29, 1.82) is 0 Å². The van der Waals surface area contributed by atoms with Crippen molar-refractivity contribution >= 4 is 23.2 Å². The molecule has 0 spiro atoms. The van der Waals surface area contributed by atoms with Crippen LogP contribution in [0.3, 0.4) is 0 Å². The first-order valence-electron chi connectivity index (χ1n) is 9.03. The molecule has 2 saturated heterocycles. The minimum absolute atomic E-state index is 0.0499. The van der Waals surface area contributed by atoms with E-state index < -0.39 is 0 Å². The van der Waals surface area contributed by atoms with E-state index in [4.69, 9.17) is 0 Å². The topological polar surface area (TPSA) is 52.7 Å². The van der Waals surface area contributed by atoms with Crippen molar-refractivity contribution < 1.29 is 9.59 Å². The number of nitrogens with zero attached hydrogens (tertiary/aromatic N) is 2. The molecular weight excluding hydrogens is 322 g/mol. The van der Waals surface area contributed by atoms with Crippen LogP contribution in [0.1, 0.15) is 42.3 Å². The van der Waals surface area contributed by atoms with E-state index in [0.29, 0.717) is 19.1 Å². The fourth-order valence-corrected chi connectivity index (χ4v) is 4.50. The SMILES string of the molecule is CCN1CCCC1CNC(=O)C1CCN(C(=O)c2cccs2)CC1. The van der Waals surface area contributed by atoms with Crippen LogP contribution >= 0.6 is 11.3 Å². The van der Waals surface area contributed by atoms with Gasteiger partial charge in [-0.05, 0) is 50.2 Å². The van der Waals surface area contributed by atoms with Gasteiger partial charge in [-0.3, -0.25) is 14.5 Å². The third-order valence-electron chi connectivity index (χ3n) is 5.30. The average Bonchev–Trinajstić information content (AvgIpc) is 3.30. The zero-order valence-corrected chi connectivity index (χ0v) is 15.2. The minimum Gasteiger partial charge on any atom is -0.354 e. The van der Waals surface area contributed by atoms with Crippen LogP contribution in [-0.2, 0) is 4.79 Å². The molecule has 0 saturated carbocycles. The van der Waals surface area contributed by atoms with Crippen LogP contribution in [0.2, 0.25) is 0 Å². The first-order valence-corrected chi connectivity index (χ1v) is 9.91. The lowest BCUT2D eigenvalue weighted by Gasteiger charge is -2.31. The maximum absolute atomic E-state index is 12.4. The van der Waals surface area contributed by atoms with E-state index in [1.165, 1.54) is 24.2 Å². The van der Waals surface area contributed by atoms with E-state index in [1.807, 2.05) is 22.4 Å². The highest BCUT2D eigenvalue weighted by molar-refractivity contribution is 7.12. The number of hydrogen-bond acceptors (Lipinski definition) is 4. The van der Waals surface area contributed by atoms with Crippen LogP contribution in [0, 0.1) is 5.92 Å². The number of rotatable bonds is 5. The molecule has 6 heteroatoms. The zero-order chi connectivity index (χ0) is 16.9. The van der Waals surface area contributed by atoms with Gasteiger partial charge in [0, 0.05) is 31.6 Å². The second-order valence-electron chi connectivity index (χ2n) is 6.71. The predicted octanol–water partition coefficient (Wildman–Crippen LogP) is 2.20. The normalized spacial score (nSPS) is 22.7. The van der Waals surface area contributed by atoms with E-state index in [0.717, 1.165) is 37.4 Å². The molecule has 2 aliphatic heterocycles. The Morgan fingerprint density at radius 3 is 2.71 bits per heavy atom. The van der Waals surface area contributed by atoms with Gasteiger partial charge in [0.1, 0.15) is 0 Å². The molecule has 3 heterocycles. The highest BCUT2D eigenvalue weighted by atomic mass is 32.1. The minimum atomic E-state index is 0.0499. The molecule has 1 unspecified atom stereocenters. The van der Waals surface area contributed by atoms with Gasteiger partial charge < -0.3 is 10.2 Å². The molecule has 0 radical (unpaired) electrons. The van der Waals surface area contributed by atoms with Crippen molar-refractivity contribution in [3.05, 3.63) is 22.4 Å². The molecule has 0 aromatic carbocycles. The smallest absolute Gasteiger partial charge is 0.263 e. The van der Waals surface area contributed by atoms with Gasteiger partial charge >= 0.3 is 0 Å². The summed E-state index contributed by atoms with van der Waals surface area (Å²) < 4.78 is 0. The van der Waals surface area contributed by atoms with Crippen molar-refractivity contribution in [3.63, 3.8) is 0 Å². The highest BCUT2D eigenvalue weighted by Gasteiger charge is 2.29. The molecule has 1 aromatic heterocycles. The first kappa shape index (κ1) is 17.4. The van der Waals surface area contributed by atoms with Crippen LogP contribution in [0.25, 0.3) is 0 Å². The summed E-state index contributed by atoms with van der Waals surface area (Å²) in [7, 11) is 0. The van der Waals surface area contributed by atoms with Gasteiger partial charge in [-0.1, -0.05) is 13.0 Å². The van der Waals surface area contributed by atoms with Crippen molar-refractivity contribution in [3.8, 4) is 0 Å². The monoisotopic (exact) mass is 349 g/mol. The summed E-state index contributed by atoms with van der Waals surface area (Å²) in [5, 5.41) is 5.07. The maximum Gasteiger partial charge on any atom is 0.263 e. The summed E-state index contributed by atoms with van der Waals surface area (Å²) in [6, 6.07) is 4.27. The summed E-state index contributed by atoms with van der Waals surface area (Å²) in [5.41, 5.74) is 0. The molecule has 132 valence electrons. The largest absolute Gasteiger partial charge is 0.354 e. The molecule has 1 aromatic rings. The van der Waals surface area contributed by atoms with Crippen LogP contribution in [-0.4, -0.2) is 60.4 Å². The standard InChI is InChI=1S/C18H27N3O2S/c1-2-20-9-3-5-15(20)13-19-17(22)14-7-10-21(11-8-14)18(23)16-6-4-12-24-16/h4,6,12,14-15H,2-3,5,7-11,13H2,1H3,(H,19,22). The molecule has 0 aliphatic carbocycles. The fourth-order valence-electron chi connectivity index (χ4n) is 3.81. The number of nitrogens with one attached hydrogen (secondary N) is 1. The van der Waals surface area contributed by atoms with E-state index in [2.05, 4.69) is 17.1 Å². The molecule has 3 rings (SSSR count). The number of amides is 2. The van der Waals surface area contributed by atoms with Gasteiger partial charge in [0.25, 0.3) is 5.91 Å². The number of carbonyl (C=O) groups is 2. The molecule has 5 nitrogen and oxygen atoms in total. The van der Waals surface area contributed by atoms with Gasteiger partial charge in [0.15, 0.2) is 0 Å². The van der Waals surface area contributed by atoms with Gasteiger partial charge in [-0.15, -0.1) is 11.3 Å². The lowest BCUT2D eigenvalue weighted by molar-refractivity contribution is -0.126. The number of thiophene rings is 1. The number of likely N-dealkylation sites (tertiary alicyclic amines) is 2. The highest BCUT2D eigenvalue weighted by Crippen LogP contribution is 2.21. The Kier molecular flexibility index (Phi) is 5.89. The Morgan fingerprint density at radius 1 is 1.25 bits per heavy atom. The van der Waals surface area contributed by atoms with Crippen molar-refractivity contribution in [2.45, 2.75) is 38.6 Å². The molecule has 2 amide bonds. The Bertz CT molecular complexity index is 553. The summed E-state index contributed by atoms with van der Waals surface area (Å²) in [5.74, 6) is 0.323. The quantitative estimate of drug-likeness (QED) is 0.887. The third-order valence-corrected chi connectivity index (χ3v) is 6.16. The van der Waals surface area contributed by atoms with Crippen molar-refractivity contribution in [1.82, 2.24) is 15.1 Å². The van der Waals surface area contributed by atoms with Crippen LogP contribution in [0.5, 0.6) is 0 Å². The van der Waals surface area contributed by atoms with Gasteiger partial charge in [-0.2, -0.15) is 0 Å². The summed E-state index contributed by atoms with van der Waals surface area (Å²) in [6.45, 7) is 6.52. The Hall–Kier alpha value is -1.40. The third kappa shape index (κ3) is 3.98. The van der Waals surface area contributed by atoms with E-state index in [9.17, 15) is 9.59 Å². The Balaban J connectivity index is 1.43. The van der Waals surface area contributed by atoms with E-state index in [1.54, 1.807) is 0 Å². The number of likely N-dealkylation sites (N-methyl/N-ethyl adjacent to an activating group) is 1. The van der Waals surface area contributed by atoms with Crippen LogP contribution < -0.4 is 5.32 Å². The molecule has 24 heavy (non-hydrogen) atoms. The molecule has 2 fully saturated rings. The summed E-state index contributed by atoms with van der Waals surface area (Å²) >= 11 is 1.48. The van der Waals surface area contributed by atoms with E-state index in [-0.39, 0.29) is 17.7 Å². The Labute approximate surface area is 148 Å². The first-order chi connectivity index (χ1) is 11.7. The van der Waals surface area contributed by atoms with Crippen LogP contribution in [0.15, 0.2) is 17.5 Å². The summed E-state index contributed by atoms with van der Waals surface area (Å²) in [6.07, 6.45) is 3.95. The van der Waals surface area contributed by atoms with Crippen LogP contribution in [0.4, 0.5) is 0 Å². The molecule has 1 N–H and O–H groups in total. The Morgan fingerprint density at radius 2 is 2.04 bits per heavy atom. The fraction of sp³-hybridized carbons (Fsp3) is 0.667. The van der Waals surface area contributed by atoms with Gasteiger partial charge in [0.2, 0.25) is 5.91 Å². The zero-order valence-electron chi connectivity index (χ0n) is 14.4. The van der Waals surface area contributed by atoms with Crippen molar-refractivity contribution in [2.24, 2.45) is 5.92 Å². The molecule has 1 atom stereocenters. The van der Waals surface area contributed by atoms with Gasteiger partial charge in [-0.25, -0.2) is 0 Å². The second kappa shape index (κ2) is 8.12. The predicted molar refractivity (Wildman–Crippen MR) is 96.2 cm³/mol.